The molecule has 0 amide bonds. The second kappa shape index (κ2) is 7.00. The van der Waals surface area contributed by atoms with Gasteiger partial charge in [0.15, 0.2) is 5.82 Å². The molecule has 2 heterocycles. The van der Waals surface area contributed by atoms with Gasteiger partial charge in [-0.15, -0.1) is 0 Å². The summed E-state index contributed by atoms with van der Waals surface area (Å²) in [5.41, 5.74) is 1.84. The van der Waals surface area contributed by atoms with Gasteiger partial charge in [-0.25, -0.2) is 9.97 Å². The maximum absolute atomic E-state index is 5.40. The molecular formula is C14H21N5O. The SMILES string of the molecule is CCCNc1cc(-c2cnn(C)c2)nc(COCC)n1. The monoisotopic (exact) mass is 275 g/mol. The van der Waals surface area contributed by atoms with Crippen LogP contribution in [0.3, 0.4) is 0 Å². The number of nitrogens with zero attached hydrogens (tertiary/aromatic N) is 4. The molecule has 108 valence electrons. The number of nitrogens with one attached hydrogen (secondary N) is 1. The largest absolute Gasteiger partial charge is 0.374 e. The van der Waals surface area contributed by atoms with Crippen LogP contribution in [0.25, 0.3) is 11.3 Å². The first-order valence-electron chi connectivity index (χ1n) is 6.91. The summed E-state index contributed by atoms with van der Waals surface area (Å²) >= 11 is 0. The van der Waals surface area contributed by atoms with E-state index in [0.29, 0.717) is 19.0 Å². The fourth-order valence-corrected chi connectivity index (χ4v) is 1.80. The second-order valence-corrected chi connectivity index (χ2v) is 4.52. The van der Waals surface area contributed by atoms with Crippen molar-refractivity contribution in [2.24, 2.45) is 7.05 Å². The van der Waals surface area contributed by atoms with E-state index in [1.54, 1.807) is 10.9 Å². The van der Waals surface area contributed by atoms with Crippen LogP contribution < -0.4 is 5.32 Å². The third kappa shape index (κ3) is 3.77. The molecule has 0 saturated carbocycles. The van der Waals surface area contributed by atoms with E-state index >= 15 is 0 Å². The van der Waals surface area contributed by atoms with Gasteiger partial charge in [-0.3, -0.25) is 4.68 Å². The summed E-state index contributed by atoms with van der Waals surface area (Å²) in [4.78, 5) is 9.00. The second-order valence-electron chi connectivity index (χ2n) is 4.52. The molecule has 0 saturated heterocycles. The van der Waals surface area contributed by atoms with Gasteiger partial charge >= 0.3 is 0 Å². The third-order valence-corrected chi connectivity index (χ3v) is 2.76. The van der Waals surface area contributed by atoms with Crippen LogP contribution in [0.15, 0.2) is 18.5 Å². The van der Waals surface area contributed by atoms with Gasteiger partial charge in [-0.1, -0.05) is 6.92 Å². The Bertz CT molecular complexity index is 526. The van der Waals surface area contributed by atoms with Crippen molar-refractivity contribution in [3.8, 4) is 11.3 Å². The number of aryl methyl sites for hydroxylation is 1. The summed E-state index contributed by atoms with van der Waals surface area (Å²) in [5.74, 6) is 1.52. The highest BCUT2D eigenvalue weighted by atomic mass is 16.5. The van der Waals surface area contributed by atoms with E-state index < -0.39 is 0 Å². The first-order valence-corrected chi connectivity index (χ1v) is 6.91. The Labute approximate surface area is 119 Å². The molecule has 0 aliphatic heterocycles. The van der Waals surface area contributed by atoms with Gasteiger partial charge in [0.2, 0.25) is 0 Å². The molecule has 0 unspecified atom stereocenters. The lowest BCUT2D eigenvalue weighted by molar-refractivity contribution is 0.128. The van der Waals surface area contributed by atoms with Crippen molar-refractivity contribution >= 4 is 5.82 Å². The molecule has 0 atom stereocenters. The maximum Gasteiger partial charge on any atom is 0.157 e. The van der Waals surface area contributed by atoms with Gasteiger partial charge in [0.05, 0.1) is 11.9 Å². The fraction of sp³-hybridized carbons (Fsp3) is 0.500. The van der Waals surface area contributed by atoms with E-state index in [1.165, 1.54) is 0 Å². The Kier molecular flexibility index (Phi) is 5.06. The highest BCUT2D eigenvalue weighted by Crippen LogP contribution is 2.19. The Morgan fingerprint density at radius 3 is 2.80 bits per heavy atom. The van der Waals surface area contributed by atoms with E-state index in [4.69, 9.17) is 4.74 Å². The first-order chi connectivity index (χ1) is 9.72. The number of anilines is 1. The van der Waals surface area contributed by atoms with Gasteiger partial charge in [0, 0.05) is 38.0 Å². The van der Waals surface area contributed by atoms with Gasteiger partial charge in [0.1, 0.15) is 12.4 Å². The molecule has 0 aliphatic carbocycles. The summed E-state index contributed by atoms with van der Waals surface area (Å²) in [7, 11) is 1.89. The standard InChI is InChI=1S/C14H21N5O/c1-4-6-15-13-7-12(11-8-16-19(3)9-11)17-14(18-13)10-20-5-2/h7-9H,4-6,10H2,1-3H3,(H,15,17,18). The molecule has 20 heavy (non-hydrogen) atoms. The van der Waals surface area contributed by atoms with Crippen LogP contribution in [-0.4, -0.2) is 32.9 Å². The molecule has 6 nitrogen and oxygen atoms in total. The van der Waals surface area contributed by atoms with Crippen LogP contribution in [0.5, 0.6) is 0 Å². The molecule has 6 heteroatoms. The normalized spacial score (nSPS) is 10.8. The molecule has 1 N–H and O–H groups in total. The molecule has 0 aliphatic rings. The lowest BCUT2D eigenvalue weighted by atomic mass is 10.2. The highest BCUT2D eigenvalue weighted by Gasteiger charge is 2.08. The van der Waals surface area contributed by atoms with Crippen molar-refractivity contribution < 1.29 is 4.74 Å². The average Bonchev–Trinajstić information content (AvgIpc) is 2.89. The summed E-state index contributed by atoms with van der Waals surface area (Å²) in [6, 6.07) is 1.95. The number of rotatable bonds is 7. The topological polar surface area (TPSA) is 64.9 Å². The summed E-state index contributed by atoms with van der Waals surface area (Å²) in [5, 5.41) is 7.48. The van der Waals surface area contributed by atoms with Gasteiger partial charge in [-0.05, 0) is 13.3 Å². The molecule has 0 spiro atoms. The van der Waals surface area contributed by atoms with E-state index in [-0.39, 0.29) is 0 Å². The highest BCUT2D eigenvalue weighted by molar-refractivity contribution is 5.60. The number of hydrogen-bond donors (Lipinski definition) is 1. The minimum absolute atomic E-state index is 0.422. The van der Waals surface area contributed by atoms with Gasteiger partial charge in [-0.2, -0.15) is 5.10 Å². The number of hydrogen-bond acceptors (Lipinski definition) is 5. The fourth-order valence-electron chi connectivity index (χ4n) is 1.80. The van der Waals surface area contributed by atoms with Crippen LogP contribution in [0.4, 0.5) is 5.82 Å². The number of ether oxygens (including phenoxy) is 1. The van der Waals surface area contributed by atoms with E-state index in [1.807, 2.05) is 26.2 Å². The van der Waals surface area contributed by atoms with Crippen molar-refractivity contribution in [3.63, 3.8) is 0 Å². The van der Waals surface area contributed by atoms with Crippen molar-refractivity contribution in [1.29, 1.82) is 0 Å². The molecule has 0 bridgehead atoms. The molecule has 0 fully saturated rings. The first kappa shape index (κ1) is 14.5. The van der Waals surface area contributed by atoms with Crippen LogP contribution in [0.1, 0.15) is 26.1 Å². The van der Waals surface area contributed by atoms with Crippen molar-refractivity contribution in [3.05, 3.63) is 24.3 Å². The summed E-state index contributed by atoms with van der Waals surface area (Å²) in [6.45, 7) is 6.04. The molecular weight excluding hydrogens is 254 g/mol. The summed E-state index contributed by atoms with van der Waals surface area (Å²) in [6.07, 6.45) is 4.79. The van der Waals surface area contributed by atoms with Crippen molar-refractivity contribution in [2.75, 3.05) is 18.5 Å². The van der Waals surface area contributed by atoms with E-state index in [0.717, 1.165) is 30.0 Å². The Morgan fingerprint density at radius 1 is 1.30 bits per heavy atom. The van der Waals surface area contributed by atoms with E-state index in [2.05, 4.69) is 27.3 Å². The van der Waals surface area contributed by atoms with Crippen LogP contribution in [0, 0.1) is 0 Å². The predicted octanol–water partition coefficient (Wildman–Crippen LogP) is 2.24. The molecule has 2 rings (SSSR count). The number of aromatic nitrogens is 4. The Hall–Kier alpha value is -1.95. The molecule has 0 aromatic carbocycles. The average molecular weight is 275 g/mol. The molecule has 2 aromatic rings. The Balaban J connectivity index is 2.29. The van der Waals surface area contributed by atoms with Crippen LogP contribution in [-0.2, 0) is 18.4 Å². The van der Waals surface area contributed by atoms with E-state index in [9.17, 15) is 0 Å². The zero-order valence-electron chi connectivity index (χ0n) is 12.3. The zero-order valence-corrected chi connectivity index (χ0v) is 12.3. The summed E-state index contributed by atoms with van der Waals surface area (Å²) < 4.78 is 7.16. The smallest absolute Gasteiger partial charge is 0.157 e. The van der Waals surface area contributed by atoms with Gasteiger partial charge < -0.3 is 10.1 Å². The third-order valence-electron chi connectivity index (χ3n) is 2.76. The molecule has 0 radical (unpaired) electrons. The molecule has 2 aromatic heterocycles. The predicted molar refractivity (Wildman–Crippen MR) is 78.3 cm³/mol. The zero-order chi connectivity index (χ0) is 14.4. The van der Waals surface area contributed by atoms with Crippen LogP contribution >= 0.6 is 0 Å². The minimum atomic E-state index is 0.422. The van der Waals surface area contributed by atoms with Gasteiger partial charge in [0.25, 0.3) is 0 Å². The lowest BCUT2D eigenvalue weighted by Gasteiger charge is -2.08. The minimum Gasteiger partial charge on any atom is -0.374 e. The lowest BCUT2D eigenvalue weighted by Crippen LogP contribution is -2.07. The quantitative estimate of drug-likeness (QED) is 0.839. The van der Waals surface area contributed by atoms with Crippen molar-refractivity contribution in [1.82, 2.24) is 19.7 Å². The van der Waals surface area contributed by atoms with Crippen molar-refractivity contribution in [2.45, 2.75) is 26.9 Å². The van der Waals surface area contributed by atoms with Crippen LogP contribution in [0.2, 0.25) is 0 Å². The Morgan fingerprint density at radius 2 is 2.15 bits per heavy atom. The maximum atomic E-state index is 5.40.